The second-order valence-corrected chi connectivity index (χ2v) is 9.31. The number of nitrogens with one attached hydrogen (secondary N) is 2. The minimum Gasteiger partial charge on any atom is -0.346 e. The normalized spacial score (nSPS) is 19.7. The SMILES string of the molecule is NCC1CCC(C(=O)N[C@@H](Cc2ccccc2)c2ncc(-c3ccc(Br)cc3)[nH]2)CC1. The molecule has 0 radical (unpaired) electrons. The van der Waals surface area contributed by atoms with Crippen molar-refractivity contribution < 1.29 is 4.79 Å². The summed E-state index contributed by atoms with van der Waals surface area (Å²) in [6.45, 7) is 0.718. The van der Waals surface area contributed by atoms with Crippen LogP contribution in [0.25, 0.3) is 11.3 Å². The van der Waals surface area contributed by atoms with Crippen LogP contribution in [0.2, 0.25) is 0 Å². The maximum absolute atomic E-state index is 13.1. The van der Waals surface area contributed by atoms with Crippen molar-refractivity contribution in [2.24, 2.45) is 17.6 Å². The van der Waals surface area contributed by atoms with Gasteiger partial charge in [0, 0.05) is 10.4 Å². The molecule has 1 aromatic heterocycles. The molecule has 3 aromatic rings. The van der Waals surface area contributed by atoms with E-state index in [0.29, 0.717) is 12.3 Å². The molecule has 5 nitrogen and oxygen atoms in total. The van der Waals surface area contributed by atoms with E-state index >= 15 is 0 Å². The number of amides is 1. The van der Waals surface area contributed by atoms with E-state index in [1.54, 1.807) is 0 Å². The summed E-state index contributed by atoms with van der Waals surface area (Å²) >= 11 is 3.48. The van der Waals surface area contributed by atoms with E-state index in [2.05, 4.69) is 43.3 Å². The predicted octanol–water partition coefficient (Wildman–Crippen LogP) is 5.00. The smallest absolute Gasteiger partial charge is 0.223 e. The Morgan fingerprint density at radius 3 is 2.48 bits per heavy atom. The number of nitrogens with two attached hydrogens (primary N) is 1. The van der Waals surface area contributed by atoms with Crippen molar-refractivity contribution in [3.05, 3.63) is 76.7 Å². The third kappa shape index (κ3) is 5.63. The molecular formula is C25H29BrN4O. The largest absolute Gasteiger partial charge is 0.346 e. The zero-order valence-corrected chi connectivity index (χ0v) is 19.1. The maximum Gasteiger partial charge on any atom is 0.223 e. The first-order valence-electron chi connectivity index (χ1n) is 11.0. The summed E-state index contributed by atoms with van der Waals surface area (Å²) in [7, 11) is 0. The molecule has 6 heteroatoms. The number of nitrogens with zero attached hydrogens (tertiary/aromatic N) is 1. The van der Waals surface area contributed by atoms with Crippen LogP contribution >= 0.6 is 15.9 Å². The molecule has 31 heavy (non-hydrogen) atoms. The monoisotopic (exact) mass is 480 g/mol. The number of hydrogen-bond donors (Lipinski definition) is 3. The van der Waals surface area contributed by atoms with Gasteiger partial charge in [-0.1, -0.05) is 58.4 Å². The zero-order chi connectivity index (χ0) is 21.6. The van der Waals surface area contributed by atoms with Crippen molar-refractivity contribution in [1.82, 2.24) is 15.3 Å². The van der Waals surface area contributed by atoms with Crippen LogP contribution in [0.1, 0.15) is 43.1 Å². The molecule has 1 amide bonds. The highest BCUT2D eigenvalue weighted by atomic mass is 79.9. The molecule has 0 bridgehead atoms. The Bertz CT molecular complexity index is 978. The molecule has 1 fully saturated rings. The number of imidazole rings is 1. The summed E-state index contributed by atoms with van der Waals surface area (Å²) in [5.74, 6) is 1.52. The summed E-state index contributed by atoms with van der Waals surface area (Å²) in [5.41, 5.74) is 8.98. The standard InChI is InChI=1S/C25H29BrN4O/c26-21-12-10-19(11-13-21)23-16-28-24(29-23)22(14-17-4-2-1-3-5-17)30-25(31)20-8-6-18(15-27)7-9-20/h1-5,10-13,16,18,20,22H,6-9,14-15,27H2,(H,28,29)(H,30,31)/t18?,20?,22-/m0/s1. The van der Waals surface area contributed by atoms with Gasteiger partial charge >= 0.3 is 0 Å². The zero-order valence-electron chi connectivity index (χ0n) is 17.6. The fourth-order valence-corrected chi connectivity index (χ4v) is 4.57. The number of aromatic nitrogens is 2. The number of carbonyl (C=O) groups excluding carboxylic acids is 1. The van der Waals surface area contributed by atoms with Crippen molar-refractivity contribution in [2.75, 3.05) is 6.54 Å². The first-order valence-corrected chi connectivity index (χ1v) is 11.8. The Hall–Kier alpha value is -2.44. The van der Waals surface area contributed by atoms with Crippen LogP contribution in [-0.4, -0.2) is 22.4 Å². The molecule has 1 atom stereocenters. The fourth-order valence-electron chi connectivity index (χ4n) is 4.31. The van der Waals surface area contributed by atoms with Gasteiger partial charge in [-0.2, -0.15) is 0 Å². The van der Waals surface area contributed by atoms with Crippen molar-refractivity contribution in [1.29, 1.82) is 0 Å². The van der Waals surface area contributed by atoms with E-state index in [4.69, 9.17) is 5.73 Å². The van der Waals surface area contributed by atoms with Crippen LogP contribution in [0.5, 0.6) is 0 Å². The quantitative estimate of drug-likeness (QED) is 0.444. The molecule has 4 rings (SSSR count). The molecule has 0 aliphatic heterocycles. The van der Waals surface area contributed by atoms with E-state index in [-0.39, 0.29) is 17.9 Å². The van der Waals surface area contributed by atoms with Crippen molar-refractivity contribution in [3.63, 3.8) is 0 Å². The van der Waals surface area contributed by atoms with Crippen LogP contribution in [0.3, 0.4) is 0 Å². The fraction of sp³-hybridized carbons (Fsp3) is 0.360. The summed E-state index contributed by atoms with van der Waals surface area (Å²) in [6.07, 6.45) is 6.42. The molecule has 1 heterocycles. The topological polar surface area (TPSA) is 83.8 Å². The van der Waals surface area contributed by atoms with Gasteiger partial charge in [-0.15, -0.1) is 0 Å². The Labute approximate surface area is 192 Å². The van der Waals surface area contributed by atoms with Crippen LogP contribution in [0.15, 0.2) is 65.3 Å². The van der Waals surface area contributed by atoms with Gasteiger partial charge in [0.2, 0.25) is 5.91 Å². The number of carbonyl (C=O) groups is 1. The summed E-state index contributed by atoms with van der Waals surface area (Å²) in [6, 6.07) is 18.1. The first-order chi connectivity index (χ1) is 15.1. The summed E-state index contributed by atoms with van der Waals surface area (Å²) in [5, 5.41) is 3.29. The average Bonchev–Trinajstić information content (AvgIpc) is 3.30. The lowest BCUT2D eigenvalue weighted by Gasteiger charge is -2.28. The van der Waals surface area contributed by atoms with Gasteiger partial charge in [-0.05, 0) is 67.8 Å². The molecule has 1 saturated carbocycles. The molecular weight excluding hydrogens is 452 g/mol. The van der Waals surface area contributed by atoms with E-state index in [1.165, 1.54) is 5.56 Å². The van der Waals surface area contributed by atoms with E-state index in [1.807, 2.05) is 48.7 Å². The number of hydrogen-bond acceptors (Lipinski definition) is 3. The van der Waals surface area contributed by atoms with Crippen LogP contribution in [0, 0.1) is 11.8 Å². The molecule has 162 valence electrons. The lowest BCUT2D eigenvalue weighted by Crippen LogP contribution is -2.37. The predicted molar refractivity (Wildman–Crippen MR) is 127 cm³/mol. The van der Waals surface area contributed by atoms with Crippen molar-refractivity contribution in [2.45, 2.75) is 38.1 Å². The minimum absolute atomic E-state index is 0.0574. The van der Waals surface area contributed by atoms with Crippen molar-refractivity contribution in [3.8, 4) is 11.3 Å². The number of rotatable bonds is 7. The second kappa shape index (κ2) is 10.2. The lowest BCUT2D eigenvalue weighted by molar-refractivity contribution is -0.127. The molecule has 0 unspecified atom stereocenters. The highest BCUT2D eigenvalue weighted by Gasteiger charge is 2.28. The van der Waals surface area contributed by atoms with Gasteiger partial charge in [0.1, 0.15) is 5.82 Å². The Balaban J connectivity index is 1.52. The van der Waals surface area contributed by atoms with Crippen LogP contribution < -0.4 is 11.1 Å². The summed E-state index contributed by atoms with van der Waals surface area (Å²) in [4.78, 5) is 21.2. The van der Waals surface area contributed by atoms with E-state index in [0.717, 1.165) is 53.8 Å². The Kier molecular flexibility index (Phi) is 7.20. The number of H-pyrrole nitrogens is 1. The Morgan fingerprint density at radius 2 is 1.81 bits per heavy atom. The van der Waals surface area contributed by atoms with Gasteiger partial charge in [0.05, 0.1) is 17.9 Å². The van der Waals surface area contributed by atoms with Gasteiger partial charge in [-0.3, -0.25) is 4.79 Å². The van der Waals surface area contributed by atoms with Gasteiger partial charge in [-0.25, -0.2) is 4.98 Å². The molecule has 0 saturated heterocycles. The molecule has 1 aliphatic rings. The highest BCUT2D eigenvalue weighted by molar-refractivity contribution is 9.10. The Morgan fingerprint density at radius 1 is 1.10 bits per heavy atom. The minimum atomic E-state index is -0.202. The van der Waals surface area contributed by atoms with Crippen LogP contribution in [0.4, 0.5) is 0 Å². The van der Waals surface area contributed by atoms with Crippen molar-refractivity contribution >= 4 is 21.8 Å². The maximum atomic E-state index is 13.1. The van der Waals surface area contributed by atoms with Gasteiger partial charge in [0.25, 0.3) is 0 Å². The van der Waals surface area contributed by atoms with Crippen LogP contribution in [-0.2, 0) is 11.2 Å². The lowest BCUT2D eigenvalue weighted by atomic mass is 9.81. The van der Waals surface area contributed by atoms with E-state index in [9.17, 15) is 4.79 Å². The van der Waals surface area contributed by atoms with Gasteiger partial charge in [0.15, 0.2) is 0 Å². The second-order valence-electron chi connectivity index (χ2n) is 8.39. The molecule has 2 aromatic carbocycles. The van der Waals surface area contributed by atoms with E-state index < -0.39 is 0 Å². The average molecular weight is 481 g/mol. The summed E-state index contributed by atoms with van der Waals surface area (Å²) < 4.78 is 1.04. The van der Waals surface area contributed by atoms with Gasteiger partial charge < -0.3 is 16.0 Å². The highest BCUT2D eigenvalue weighted by Crippen LogP contribution is 2.29. The first kappa shape index (κ1) is 21.8. The molecule has 1 aliphatic carbocycles. The third-order valence-electron chi connectivity index (χ3n) is 6.23. The number of halogens is 1. The molecule has 0 spiro atoms. The number of benzene rings is 2. The third-order valence-corrected chi connectivity index (χ3v) is 6.76. The molecule has 4 N–H and O–H groups in total. The number of aromatic amines is 1.